The van der Waals surface area contributed by atoms with E-state index in [4.69, 9.17) is 11.6 Å². The third-order valence-corrected chi connectivity index (χ3v) is 10.4. The number of rotatable bonds is 8. The Hall–Kier alpha value is -3.18. The van der Waals surface area contributed by atoms with Gasteiger partial charge in [-0.05, 0) is 55.2 Å². The Balaban J connectivity index is 1.41. The number of H-pyrrole nitrogens is 1. The summed E-state index contributed by atoms with van der Waals surface area (Å²) in [5, 5.41) is 0.418. The molecule has 5 rings (SSSR count). The van der Waals surface area contributed by atoms with Crippen molar-refractivity contribution in [2.45, 2.75) is 52.8 Å². The number of sulfonamides is 2. The molecule has 4 aromatic rings. The second kappa shape index (κ2) is 11.1. The third kappa shape index (κ3) is 6.04. The largest absolute Gasteiger partial charge is 0.358 e. The first kappa shape index (κ1) is 27.4. The SMILES string of the molecule is O=C(Cc1c(C2CCC(Cl)C(NS(=O)(=O)c3ccccc3)C2)[nH]c2ccccc12)NS(=O)(=O)c1ccccc1. The zero-order valence-electron chi connectivity index (χ0n) is 20.9. The molecule has 0 saturated heterocycles. The molecule has 11 heteroatoms. The number of aromatic amines is 1. The molecule has 1 amide bonds. The van der Waals surface area contributed by atoms with Gasteiger partial charge in [-0.2, -0.15) is 0 Å². The van der Waals surface area contributed by atoms with Crippen LogP contribution in [-0.2, 0) is 31.3 Å². The second-order valence-electron chi connectivity index (χ2n) is 9.65. The van der Waals surface area contributed by atoms with E-state index in [0.717, 1.165) is 16.6 Å². The minimum atomic E-state index is -4.02. The molecular weight excluding hydrogens is 558 g/mol. The molecule has 0 aliphatic heterocycles. The summed E-state index contributed by atoms with van der Waals surface area (Å²) in [4.78, 5) is 16.6. The van der Waals surface area contributed by atoms with Crippen molar-refractivity contribution in [3.8, 4) is 0 Å². The first-order valence-electron chi connectivity index (χ1n) is 12.6. The maximum atomic E-state index is 13.0. The second-order valence-corrected chi connectivity index (χ2v) is 13.6. The summed E-state index contributed by atoms with van der Waals surface area (Å²) in [6.45, 7) is 0. The Kier molecular flexibility index (Phi) is 7.82. The fraction of sp³-hybridized carbons (Fsp3) is 0.250. The van der Waals surface area contributed by atoms with Crippen LogP contribution in [0.15, 0.2) is 94.7 Å². The van der Waals surface area contributed by atoms with E-state index in [1.807, 2.05) is 24.3 Å². The van der Waals surface area contributed by atoms with E-state index < -0.39 is 37.4 Å². The van der Waals surface area contributed by atoms with Gasteiger partial charge in [0.1, 0.15) is 0 Å². The van der Waals surface area contributed by atoms with E-state index in [1.54, 1.807) is 36.4 Å². The van der Waals surface area contributed by atoms with Crippen LogP contribution in [0.25, 0.3) is 10.9 Å². The van der Waals surface area contributed by atoms with Gasteiger partial charge in [0.2, 0.25) is 15.9 Å². The van der Waals surface area contributed by atoms with Gasteiger partial charge in [-0.15, -0.1) is 11.6 Å². The van der Waals surface area contributed by atoms with Gasteiger partial charge in [-0.1, -0.05) is 54.6 Å². The first-order valence-corrected chi connectivity index (χ1v) is 16.0. The van der Waals surface area contributed by atoms with Crippen LogP contribution in [0.2, 0.25) is 0 Å². The Morgan fingerprint density at radius 3 is 2.08 bits per heavy atom. The van der Waals surface area contributed by atoms with Crippen molar-refractivity contribution in [3.05, 3.63) is 96.2 Å². The molecule has 3 atom stereocenters. The molecular formula is C28H28ClN3O5S2. The lowest BCUT2D eigenvalue weighted by atomic mass is 9.82. The summed E-state index contributed by atoms with van der Waals surface area (Å²) in [7, 11) is -7.79. The molecule has 1 saturated carbocycles. The molecule has 0 bridgehead atoms. The fourth-order valence-electron chi connectivity index (χ4n) is 5.15. The quantitative estimate of drug-likeness (QED) is 0.264. The van der Waals surface area contributed by atoms with Gasteiger partial charge in [0.15, 0.2) is 0 Å². The van der Waals surface area contributed by atoms with Crippen LogP contribution in [0, 0.1) is 0 Å². The number of hydrogen-bond donors (Lipinski definition) is 3. The third-order valence-electron chi connectivity index (χ3n) is 7.02. The molecule has 1 aliphatic rings. The van der Waals surface area contributed by atoms with E-state index >= 15 is 0 Å². The van der Waals surface area contributed by atoms with Crippen LogP contribution in [0.5, 0.6) is 0 Å². The molecule has 0 radical (unpaired) electrons. The Morgan fingerprint density at radius 1 is 0.821 bits per heavy atom. The van der Waals surface area contributed by atoms with E-state index in [0.29, 0.717) is 24.8 Å². The van der Waals surface area contributed by atoms with Crippen molar-refractivity contribution >= 4 is 48.5 Å². The van der Waals surface area contributed by atoms with Crippen molar-refractivity contribution in [3.63, 3.8) is 0 Å². The summed E-state index contributed by atoms with van der Waals surface area (Å²) in [6.07, 6.45) is 1.51. The molecule has 204 valence electrons. The molecule has 39 heavy (non-hydrogen) atoms. The molecule has 3 unspecified atom stereocenters. The maximum absolute atomic E-state index is 13.0. The molecule has 3 aromatic carbocycles. The minimum Gasteiger partial charge on any atom is -0.358 e. The molecule has 8 nitrogen and oxygen atoms in total. The fourth-order valence-corrected chi connectivity index (χ4v) is 7.83. The van der Waals surface area contributed by atoms with Gasteiger partial charge in [0, 0.05) is 28.6 Å². The Bertz CT molecular complexity index is 1690. The number of hydrogen-bond acceptors (Lipinski definition) is 5. The monoisotopic (exact) mass is 585 g/mol. The molecule has 3 N–H and O–H groups in total. The van der Waals surface area contributed by atoms with Crippen LogP contribution < -0.4 is 9.44 Å². The normalized spacial score (nSPS) is 20.1. The number of para-hydroxylation sites is 1. The van der Waals surface area contributed by atoms with Crippen LogP contribution in [-0.4, -0.2) is 39.1 Å². The van der Waals surface area contributed by atoms with E-state index in [9.17, 15) is 21.6 Å². The highest BCUT2D eigenvalue weighted by Crippen LogP contribution is 2.39. The predicted molar refractivity (Wildman–Crippen MR) is 151 cm³/mol. The summed E-state index contributed by atoms with van der Waals surface area (Å²) < 4.78 is 56.4. The van der Waals surface area contributed by atoms with Crippen LogP contribution in [0.1, 0.15) is 36.4 Å². The number of benzene rings is 3. The summed E-state index contributed by atoms with van der Waals surface area (Å²) in [6, 6.07) is 22.8. The molecule has 1 fully saturated rings. The number of amides is 1. The van der Waals surface area contributed by atoms with Crippen molar-refractivity contribution in [2.75, 3.05) is 0 Å². The van der Waals surface area contributed by atoms with Gasteiger partial charge in [-0.25, -0.2) is 26.3 Å². The lowest BCUT2D eigenvalue weighted by Crippen LogP contribution is -2.44. The highest BCUT2D eigenvalue weighted by atomic mass is 35.5. The maximum Gasteiger partial charge on any atom is 0.264 e. The number of carbonyl (C=O) groups is 1. The zero-order chi connectivity index (χ0) is 27.6. The topological polar surface area (TPSA) is 125 Å². The van der Waals surface area contributed by atoms with E-state index in [2.05, 4.69) is 14.4 Å². The van der Waals surface area contributed by atoms with Gasteiger partial charge in [0.25, 0.3) is 10.0 Å². The molecule has 0 spiro atoms. The first-order chi connectivity index (χ1) is 18.6. The lowest BCUT2D eigenvalue weighted by molar-refractivity contribution is -0.118. The van der Waals surface area contributed by atoms with Gasteiger partial charge in [-0.3, -0.25) is 4.79 Å². The van der Waals surface area contributed by atoms with Crippen molar-refractivity contribution in [1.29, 1.82) is 0 Å². The lowest BCUT2D eigenvalue weighted by Gasteiger charge is -2.33. The summed E-state index contributed by atoms with van der Waals surface area (Å²) >= 11 is 6.59. The van der Waals surface area contributed by atoms with Crippen molar-refractivity contribution < 1.29 is 21.6 Å². The van der Waals surface area contributed by atoms with Gasteiger partial charge >= 0.3 is 0 Å². The van der Waals surface area contributed by atoms with Crippen LogP contribution in [0.3, 0.4) is 0 Å². The standard InChI is InChI=1S/C28H28ClN3O5S2/c29-24-16-15-19(17-26(24)31-38(34,35)20-9-3-1-4-10-20)28-23(22-13-7-8-14-25(22)30-28)18-27(33)32-39(36,37)21-11-5-2-6-12-21/h1-14,19,24,26,30-31H,15-18H2,(H,32,33). The number of fused-ring (bicyclic) bond motifs is 1. The average Bonchev–Trinajstić information content (AvgIpc) is 3.28. The molecule has 1 aromatic heterocycles. The molecule has 1 heterocycles. The average molecular weight is 586 g/mol. The van der Waals surface area contributed by atoms with E-state index in [1.165, 1.54) is 24.3 Å². The predicted octanol–water partition coefficient (Wildman–Crippen LogP) is 4.44. The smallest absolute Gasteiger partial charge is 0.264 e. The Labute approximate surface area is 232 Å². The summed E-state index contributed by atoms with van der Waals surface area (Å²) in [5.74, 6) is -0.776. The zero-order valence-corrected chi connectivity index (χ0v) is 23.3. The van der Waals surface area contributed by atoms with Gasteiger partial charge < -0.3 is 4.98 Å². The van der Waals surface area contributed by atoms with Crippen LogP contribution in [0.4, 0.5) is 0 Å². The number of alkyl halides is 1. The van der Waals surface area contributed by atoms with Gasteiger partial charge in [0.05, 0.1) is 21.6 Å². The number of nitrogens with one attached hydrogen (secondary N) is 3. The van der Waals surface area contributed by atoms with Crippen molar-refractivity contribution in [1.82, 2.24) is 14.4 Å². The highest BCUT2D eigenvalue weighted by molar-refractivity contribution is 7.90. The molecule has 1 aliphatic carbocycles. The number of halogens is 1. The van der Waals surface area contributed by atoms with Crippen molar-refractivity contribution in [2.24, 2.45) is 0 Å². The highest BCUT2D eigenvalue weighted by Gasteiger charge is 2.35. The van der Waals surface area contributed by atoms with Crippen LogP contribution >= 0.6 is 11.6 Å². The minimum absolute atomic E-state index is 0.00600. The van der Waals surface area contributed by atoms with E-state index in [-0.39, 0.29) is 22.1 Å². The summed E-state index contributed by atoms with van der Waals surface area (Å²) in [5.41, 5.74) is 2.29. The Morgan fingerprint density at radius 2 is 1.41 bits per heavy atom. The number of aromatic nitrogens is 1. The number of carbonyl (C=O) groups excluding carboxylic acids is 1.